The van der Waals surface area contributed by atoms with Gasteiger partial charge in [0.25, 0.3) is 0 Å². The van der Waals surface area contributed by atoms with E-state index in [9.17, 15) is 0 Å². The van der Waals surface area contributed by atoms with Crippen molar-refractivity contribution in [3.05, 3.63) is 28.8 Å². The Morgan fingerprint density at radius 3 is 2.53 bits per heavy atom. The highest BCUT2D eigenvalue weighted by Crippen LogP contribution is 2.25. The van der Waals surface area contributed by atoms with E-state index in [4.69, 9.17) is 4.74 Å². The Hall–Kier alpha value is -0.670. The fourth-order valence-corrected chi connectivity index (χ4v) is 2.46. The third-order valence-corrected chi connectivity index (χ3v) is 3.14. The fourth-order valence-electron chi connectivity index (χ4n) is 2.11. The molecule has 1 rings (SSSR count). The molecule has 1 aromatic rings. The molecule has 0 unspecified atom stereocenters. The Labute approximate surface area is 110 Å². The summed E-state index contributed by atoms with van der Waals surface area (Å²) in [5.41, 5.74) is 3.82. The second-order valence-electron chi connectivity index (χ2n) is 4.55. The van der Waals surface area contributed by atoms with Gasteiger partial charge < -0.3 is 9.64 Å². The Kier molecular flexibility index (Phi) is 5.86. The molecule has 0 aliphatic carbocycles. The summed E-state index contributed by atoms with van der Waals surface area (Å²) in [7, 11) is 3.88. The van der Waals surface area contributed by atoms with E-state index in [2.05, 4.69) is 50.6 Å². The van der Waals surface area contributed by atoms with Crippen LogP contribution in [0.4, 0.5) is 0 Å². The summed E-state index contributed by atoms with van der Waals surface area (Å²) in [6, 6.07) is 4.39. The molecule has 2 nitrogen and oxygen atoms in total. The maximum Gasteiger partial charge on any atom is 0.125 e. The molecule has 0 aliphatic rings. The number of methoxy groups -OCH3 is 1. The van der Waals surface area contributed by atoms with E-state index in [0.29, 0.717) is 0 Å². The lowest BCUT2D eigenvalue weighted by Gasteiger charge is -2.17. The molecule has 96 valence electrons. The van der Waals surface area contributed by atoms with Crippen LogP contribution in [-0.2, 0) is 6.42 Å². The Morgan fingerprint density at radius 2 is 1.94 bits per heavy atom. The molecule has 0 spiro atoms. The molecule has 1 aromatic carbocycles. The molecule has 0 saturated heterocycles. The van der Waals surface area contributed by atoms with Gasteiger partial charge in [0, 0.05) is 18.8 Å². The van der Waals surface area contributed by atoms with Crippen molar-refractivity contribution in [1.29, 1.82) is 0 Å². The first kappa shape index (κ1) is 14.4. The van der Waals surface area contributed by atoms with Gasteiger partial charge in [-0.05, 0) is 38.4 Å². The largest absolute Gasteiger partial charge is 0.496 e. The fraction of sp³-hybridized carbons (Fsp3) is 0.571. The van der Waals surface area contributed by atoms with Crippen molar-refractivity contribution in [2.45, 2.75) is 20.3 Å². The number of thiol groups is 1. The molecule has 0 heterocycles. The molecule has 0 bridgehead atoms. The normalized spacial score (nSPS) is 10.9. The van der Waals surface area contributed by atoms with Crippen molar-refractivity contribution in [3.63, 3.8) is 0 Å². The van der Waals surface area contributed by atoms with Gasteiger partial charge in [-0.2, -0.15) is 12.6 Å². The lowest BCUT2D eigenvalue weighted by atomic mass is 10.0. The topological polar surface area (TPSA) is 12.5 Å². The number of nitrogens with zero attached hydrogens (tertiary/aromatic N) is 1. The van der Waals surface area contributed by atoms with Crippen molar-refractivity contribution >= 4 is 12.6 Å². The summed E-state index contributed by atoms with van der Waals surface area (Å²) in [5, 5.41) is 0. The van der Waals surface area contributed by atoms with Gasteiger partial charge in [0.1, 0.15) is 5.75 Å². The average Bonchev–Trinajstić information content (AvgIpc) is 2.26. The highest BCUT2D eigenvalue weighted by molar-refractivity contribution is 7.80. The van der Waals surface area contributed by atoms with E-state index < -0.39 is 0 Å². The van der Waals surface area contributed by atoms with Crippen molar-refractivity contribution in [2.75, 3.05) is 33.0 Å². The predicted molar refractivity (Wildman–Crippen MR) is 77.5 cm³/mol. The highest BCUT2D eigenvalue weighted by Gasteiger charge is 2.08. The smallest absolute Gasteiger partial charge is 0.125 e. The van der Waals surface area contributed by atoms with E-state index in [1.807, 2.05) is 0 Å². The van der Waals surface area contributed by atoms with E-state index >= 15 is 0 Å². The number of ether oxygens (including phenoxy) is 1. The molecule has 0 amide bonds. The molecule has 0 saturated carbocycles. The Balaban J connectivity index is 2.75. The SMILES string of the molecule is COc1c(C)cc(C)cc1CCN(C)CCS. The number of hydrogen-bond donors (Lipinski definition) is 1. The van der Waals surface area contributed by atoms with Gasteiger partial charge in [0.15, 0.2) is 0 Å². The van der Waals surface area contributed by atoms with Crippen molar-refractivity contribution < 1.29 is 4.74 Å². The number of aryl methyl sites for hydroxylation is 2. The van der Waals surface area contributed by atoms with Crippen molar-refractivity contribution in [3.8, 4) is 5.75 Å². The van der Waals surface area contributed by atoms with Crippen LogP contribution in [0.1, 0.15) is 16.7 Å². The molecule has 17 heavy (non-hydrogen) atoms. The minimum atomic E-state index is 0.903. The Morgan fingerprint density at radius 1 is 1.24 bits per heavy atom. The van der Waals surface area contributed by atoms with Crippen LogP contribution < -0.4 is 4.74 Å². The number of likely N-dealkylation sites (N-methyl/N-ethyl adjacent to an activating group) is 1. The first-order chi connectivity index (χ1) is 8.08. The van der Waals surface area contributed by atoms with Gasteiger partial charge in [-0.25, -0.2) is 0 Å². The minimum Gasteiger partial charge on any atom is -0.496 e. The zero-order valence-corrected chi connectivity index (χ0v) is 12.2. The molecule has 0 fully saturated rings. The van der Waals surface area contributed by atoms with Crippen molar-refractivity contribution in [1.82, 2.24) is 4.90 Å². The number of benzene rings is 1. The standard InChI is InChI=1S/C14H23NOS/c1-11-9-12(2)14(16-4)13(10-11)5-6-15(3)7-8-17/h9-10,17H,5-8H2,1-4H3. The lowest BCUT2D eigenvalue weighted by Crippen LogP contribution is -2.23. The molecular weight excluding hydrogens is 230 g/mol. The van der Waals surface area contributed by atoms with Crippen LogP contribution in [-0.4, -0.2) is 37.9 Å². The maximum atomic E-state index is 5.49. The number of hydrogen-bond acceptors (Lipinski definition) is 3. The predicted octanol–water partition coefficient (Wildman–Crippen LogP) is 2.72. The van der Waals surface area contributed by atoms with Crippen LogP contribution in [0.25, 0.3) is 0 Å². The zero-order chi connectivity index (χ0) is 12.8. The quantitative estimate of drug-likeness (QED) is 0.783. The van der Waals surface area contributed by atoms with Gasteiger partial charge in [-0.1, -0.05) is 17.7 Å². The third-order valence-electron chi connectivity index (χ3n) is 2.94. The summed E-state index contributed by atoms with van der Waals surface area (Å²) in [4.78, 5) is 2.30. The van der Waals surface area contributed by atoms with Crippen LogP contribution in [0.5, 0.6) is 5.75 Å². The monoisotopic (exact) mass is 253 g/mol. The summed E-state index contributed by atoms with van der Waals surface area (Å²) in [5.74, 6) is 1.94. The molecule has 0 radical (unpaired) electrons. The van der Waals surface area contributed by atoms with Crippen LogP contribution in [0, 0.1) is 13.8 Å². The summed E-state index contributed by atoms with van der Waals surface area (Å²) in [6.45, 7) is 6.30. The molecule has 0 atom stereocenters. The van der Waals surface area contributed by atoms with Gasteiger partial charge in [-0.3, -0.25) is 0 Å². The van der Waals surface area contributed by atoms with E-state index in [1.165, 1.54) is 16.7 Å². The lowest BCUT2D eigenvalue weighted by molar-refractivity contribution is 0.354. The molecular formula is C14H23NOS. The van der Waals surface area contributed by atoms with Crippen molar-refractivity contribution in [2.24, 2.45) is 0 Å². The second kappa shape index (κ2) is 6.92. The first-order valence-electron chi connectivity index (χ1n) is 6.02. The van der Waals surface area contributed by atoms with Gasteiger partial charge >= 0.3 is 0 Å². The summed E-state index contributed by atoms with van der Waals surface area (Å²) < 4.78 is 5.49. The summed E-state index contributed by atoms with van der Waals surface area (Å²) in [6.07, 6.45) is 1.02. The second-order valence-corrected chi connectivity index (χ2v) is 5.00. The average molecular weight is 253 g/mol. The van der Waals surface area contributed by atoms with Gasteiger partial charge in [0.05, 0.1) is 7.11 Å². The minimum absolute atomic E-state index is 0.903. The Bertz CT molecular complexity index is 365. The van der Waals surface area contributed by atoms with E-state index in [-0.39, 0.29) is 0 Å². The molecule has 3 heteroatoms. The third kappa shape index (κ3) is 4.25. The molecule has 0 aromatic heterocycles. The zero-order valence-electron chi connectivity index (χ0n) is 11.3. The first-order valence-corrected chi connectivity index (χ1v) is 6.65. The number of rotatable bonds is 6. The maximum absolute atomic E-state index is 5.49. The van der Waals surface area contributed by atoms with Crippen LogP contribution in [0.15, 0.2) is 12.1 Å². The van der Waals surface area contributed by atoms with Crippen LogP contribution in [0.3, 0.4) is 0 Å². The molecule has 0 aliphatic heterocycles. The van der Waals surface area contributed by atoms with Crippen LogP contribution >= 0.6 is 12.6 Å². The molecule has 0 N–H and O–H groups in total. The van der Waals surface area contributed by atoms with Crippen LogP contribution in [0.2, 0.25) is 0 Å². The summed E-state index contributed by atoms with van der Waals surface area (Å²) >= 11 is 4.25. The van der Waals surface area contributed by atoms with Gasteiger partial charge in [0.2, 0.25) is 0 Å². The van der Waals surface area contributed by atoms with Gasteiger partial charge in [-0.15, -0.1) is 0 Å². The van der Waals surface area contributed by atoms with E-state index in [1.54, 1.807) is 7.11 Å². The van der Waals surface area contributed by atoms with E-state index in [0.717, 1.165) is 31.0 Å². The highest BCUT2D eigenvalue weighted by atomic mass is 32.1.